The molecule has 168 valence electrons. The first-order valence-corrected chi connectivity index (χ1v) is 11.5. The maximum absolute atomic E-state index is 13.1. The Kier molecular flexibility index (Phi) is 6.31. The number of aliphatic imine (C=N–C) groups is 1. The second kappa shape index (κ2) is 9.00. The first-order chi connectivity index (χ1) is 15.3. The standard InChI is InChI=1S/C19H19ClN6O4S2/c1-8(7-27)23-15(21)14-16(29)25-32-17(14)24-19-22-6-12(31-19)18(30)26-11-4-2-3-10(20)9(11)5-13(26)28/h2-4,6,8,13,27-28H,5,7H2,1H3,(H2,21,23)(H,22,24)(H,25,29). The van der Waals surface area contributed by atoms with E-state index in [1.165, 1.54) is 11.1 Å². The summed E-state index contributed by atoms with van der Waals surface area (Å²) in [6.45, 7) is 1.46. The molecule has 6 N–H and O–H groups in total. The number of nitrogens with one attached hydrogen (secondary N) is 2. The van der Waals surface area contributed by atoms with Gasteiger partial charge in [-0.1, -0.05) is 29.0 Å². The van der Waals surface area contributed by atoms with Crippen molar-refractivity contribution >= 4 is 62.0 Å². The molecule has 10 nitrogen and oxygen atoms in total. The highest BCUT2D eigenvalue weighted by atomic mass is 35.5. The molecule has 2 aromatic heterocycles. The fourth-order valence-electron chi connectivity index (χ4n) is 3.27. The highest BCUT2D eigenvalue weighted by Gasteiger charge is 2.35. The van der Waals surface area contributed by atoms with Crippen LogP contribution in [0.2, 0.25) is 5.02 Å². The van der Waals surface area contributed by atoms with Crippen molar-refractivity contribution < 1.29 is 15.0 Å². The average Bonchev–Trinajstić information content (AvgIpc) is 3.45. The smallest absolute Gasteiger partial charge is 0.272 e. The van der Waals surface area contributed by atoms with Gasteiger partial charge in [0.05, 0.1) is 24.5 Å². The lowest BCUT2D eigenvalue weighted by Gasteiger charge is -2.20. The van der Waals surface area contributed by atoms with Crippen LogP contribution in [0.1, 0.15) is 27.7 Å². The summed E-state index contributed by atoms with van der Waals surface area (Å²) in [5.41, 5.74) is 6.94. The lowest BCUT2D eigenvalue weighted by atomic mass is 10.1. The summed E-state index contributed by atoms with van der Waals surface area (Å²) >= 11 is 8.28. The van der Waals surface area contributed by atoms with Crippen LogP contribution in [0.4, 0.5) is 15.8 Å². The SMILES string of the molecule is CC(CO)N=C(N)c1c(Nc2ncc(C(=O)N3c4cccc(Cl)c4CC3O)s2)s[nH]c1=O. The lowest BCUT2D eigenvalue weighted by molar-refractivity contribution is 0.0907. The second-order valence-electron chi connectivity index (χ2n) is 7.04. The Morgan fingerprint density at radius 2 is 2.31 bits per heavy atom. The predicted octanol–water partition coefficient (Wildman–Crippen LogP) is 1.90. The summed E-state index contributed by atoms with van der Waals surface area (Å²) in [6.07, 6.45) is 0.614. The molecule has 0 aliphatic carbocycles. The van der Waals surface area contributed by atoms with Crippen LogP contribution in [0.25, 0.3) is 0 Å². The number of benzene rings is 1. The van der Waals surface area contributed by atoms with Crippen molar-refractivity contribution in [1.29, 1.82) is 0 Å². The number of carbonyl (C=O) groups is 1. The number of nitrogens with two attached hydrogens (primary N) is 1. The quantitative estimate of drug-likeness (QED) is 0.258. The van der Waals surface area contributed by atoms with Crippen molar-refractivity contribution in [2.75, 3.05) is 16.8 Å². The molecule has 1 aliphatic rings. The first-order valence-electron chi connectivity index (χ1n) is 9.48. The average molecular weight is 495 g/mol. The Labute approximate surface area is 195 Å². The van der Waals surface area contributed by atoms with Crippen LogP contribution in [0, 0.1) is 0 Å². The van der Waals surface area contributed by atoms with Crippen LogP contribution in [0.3, 0.4) is 0 Å². The number of hydrogen-bond acceptors (Lipinski definition) is 9. The monoisotopic (exact) mass is 494 g/mol. The van der Waals surface area contributed by atoms with E-state index >= 15 is 0 Å². The molecule has 2 atom stereocenters. The van der Waals surface area contributed by atoms with Crippen LogP contribution in [0.15, 0.2) is 34.2 Å². The third-order valence-electron chi connectivity index (χ3n) is 4.77. The maximum Gasteiger partial charge on any atom is 0.272 e. The molecule has 4 rings (SSSR count). The molecule has 1 aromatic carbocycles. The van der Waals surface area contributed by atoms with Crippen LogP contribution < -0.4 is 21.5 Å². The van der Waals surface area contributed by atoms with Gasteiger partial charge in [0.1, 0.15) is 27.5 Å². The zero-order valence-corrected chi connectivity index (χ0v) is 19.1. The number of aromatic nitrogens is 2. The molecule has 0 radical (unpaired) electrons. The fraction of sp³-hybridized carbons (Fsp3) is 0.263. The molecule has 0 saturated heterocycles. The Balaban J connectivity index is 1.58. The number of H-pyrrole nitrogens is 1. The summed E-state index contributed by atoms with van der Waals surface area (Å²) in [4.78, 5) is 35.2. The molecule has 0 spiro atoms. The third-order valence-corrected chi connectivity index (χ3v) is 6.83. The number of thiazole rings is 1. The van der Waals surface area contributed by atoms with Crippen LogP contribution >= 0.6 is 34.5 Å². The largest absolute Gasteiger partial charge is 0.394 e. The molecule has 2 unspecified atom stereocenters. The highest BCUT2D eigenvalue weighted by molar-refractivity contribution is 7.18. The number of carbonyl (C=O) groups excluding carboxylic acids is 1. The Morgan fingerprint density at radius 1 is 1.53 bits per heavy atom. The number of hydrogen-bond donors (Lipinski definition) is 5. The first kappa shape index (κ1) is 22.4. The summed E-state index contributed by atoms with van der Waals surface area (Å²) in [6, 6.07) is 4.70. The molecule has 1 aliphatic heterocycles. The minimum absolute atomic E-state index is 0.0157. The van der Waals surface area contributed by atoms with Gasteiger partial charge in [0.2, 0.25) is 0 Å². The van der Waals surface area contributed by atoms with Gasteiger partial charge in [-0.2, -0.15) is 0 Å². The number of fused-ring (bicyclic) bond motifs is 1. The van der Waals surface area contributed by atoms with E-state index in [0.717, 1.165) is 22.9 Å². The topological polar surface area (TPSA) is 157 Å². The zero-order chi connectivity index (χ0) is 23.0. The number of aromatic amines is 1. The Morgan fingerprint density at radius 3 is 3.06 bits per heavy atom. The van der Waals surface area contributed by atoms with Crippen LogP contribution in [-0.4, -0.2) is 50.2 Å². The summed E-state index contributed by atoms with van der Waals surface area (Å²) in [5, 5.41) is 23.8. The molecular weight excluding hydrogens is 476 g/mol. The van der Waals surface area contributed by atoms with Crippen molar-refractivity contribution in [2.24, 2.45) is 10.7 Å². The van der Waals surface area contributed by atoms with E-state index in [-0.39, 0.29) is 24.4 Å². The zero-order valence-electron chi connectivity index (χ0n) is 16.7. The molecule has 13 heteroatoms. The van der Waals surface area contributed by atoms with Gasteiger partial charge < -0.3 is 21.3 Å². The summed E-state index contributed by atoms with van der Waals surface area (Å²) in [7, 11) is 0. The van der Waals surface area contributed by atoms with Gasteiger partial charge in [0.15, 0.2) is 5.13 Å². The van der Waals surface area contributed by atoms with E-state index in [2.05, 4.69) is 19.7 Å². The Hall–Kier alpha value is -2.77. The number of aliphatic hydroxyl groups is 2. The van der Waals surface area contributed by atoms with E-state index in [9.17, 15) is 14.7 Å². The van der Waals surface area contributed by atoms with Crippen molar-refractivity contribution in [3.63, 3.8) is 0 Å². The number of amides is 1. The van der Waals surface area contributed by atoms with E-state index in [0.29, 0.717) is 31.3 Å². The lowest BCUT2D eigenvalue weighted by Crippen LogP contribution is -2.37. The van der Waals surface area contributed by atoms with Crippen molar-refractivity contribution in [3.8, 4) is 0 Å². The van der Waals surface area contributed by atoms with E-state index in [1.807, 2.05) is 0 Å². The summed E-state index contributed by atoms with van der Waals surface area (Å²) < 4.78 is 2.58. The predicted molar refractivity (Wildman–Crippen MR) is 126 cm³/mol. The van der Waals surface area contributed by atoms with E-state index in [1.54, 1.807) is 25.1 Å². The summed E-state index contributed by atoms with van der Waals surface area (Å²) in [5.74, 6) is -0.428. The van der Waals surface area contributed by atoms with E-state index in [4.69, 9.17) is 22.4 Å². The normalized spacial score (nSPS) is 16.8. The second-order valence-corrected chi connectivity index (χ2v) is 9.29. The maximum atomic E-state index is 13.1. The number of halogens is 1. The number of anilines is 3. The van der Waals surface area contributed by atoms with Crippen LogP contribution in [0.5, 0.6) is 0 Å². The molecule has 3 aromatic rings. The van der Waals surface area contributed by atoms with Crippen molar-refractivity contribution in [2.45, 2.75) is 25.6 Å². The number of amidine groups is 1. The molecule has 0 bridgehead atoms. The number of rotatable bonds is 6. The highest BCUT2D eigenvalue weighted by Crippen LogP contribution is 2.38. The number of nitrogens with zero attached hydrogens (tertiary/aromatic N) is 3. The van der Waals surface area contributed by atoms with Crippen molar-refractivity contribution in [1.82, 2.24) is 9.36 Å². The number of aliphatic hydroxyl groups excluding tert-OH is 2. The molecule has 3 heterocycles. The molecule has 1 amide bonds. The van der Waals surface area contributed by atoms with E-state index < -0.39 is 23.7 Å². The van der Waals surface area contributed by atoms with Crippen molar-refractivity contribution in [3.05, 3.63) is 55.8 Å². The van der Waals surface area contributed by atoms with Gasteiger partial charge in [-0.25, -0.2) is 4.98 Å². The fourth-order valence-corrected chi connectivity index (χ4v) is 5.08. The van der Waals surface area contributed by atoms with Gasteiger partial charge in [0.25, 0.3) is 11.5 Å². The Bertz CT molecular complexity index is 1250. The molecular formula is C19H19ClN6O4S2. The van der Waals surface area contributed by atoms with Gasteiger partial charge in [0, 0.05) is 11.4 Å². The van der Waals surface area contributed by atoms with Gasteiger partial charge in [-0.15, -0.1) is 0 Å². The van der Waals surface area contributed by atoms with Gasteiger partial charge >= 0.3 is 0 Å². The third kappa shape index (κ3) is 4.14. The molecule has 32 heavy (non-hydrogen) atoms. The molecule has 0 fully saturated rings. The van der Waals surface area contributed by atoms with Crippen LogP contribution in [-0.2, 0) is 6.42 Å². The van der Waals surface area contributed by atoms with Gasteiger partial charge in [-0.05, 0) is 36.2 Å². The van der Waals surface area contributed by atoms with Gasteiger partial charge in [-0.3, -0.25) is 23.9 Å². The minimum atomic E-state index is -1.03. The minimum Gasteiger partial charge on any atom is -0.394 e. The molecule has 0 saturated carbocycles.